The summed E-state index contributed by atoms with van der Waals surface area (Å²) in [5.41, 5.74) is 3.46. The summed E-state index contributed by atoms with van der Waals surface area (Å²) < 4.78 is 0. The molecule has 3 saturated carbocycles. The van der Waals surface area contributed by atoms with Gasteiger partial charge in [0.15, 0.2) is 0 Å². The van der Waals surface area contributed by atoms with E-state index in [1.54, 1.807) is 0 Å². The van der Waals surface area contributed by atoms with Crippen LogP contribution in [0.5, 0.6) is 0 Å². The third kappa shape index (κ3) is 5.42. The molecule has 0 heterocycles. The second-order valence-electron chi connectivity index (χ2n) is 10.8. The topological polar surface area (TPSA) is 60.7 Å². The van der Waals surface area contributed by atoms with Crippen molar-refractivity contribution in [2.24, 2.45) is 17.3 Å². The number of hydrogen-bond acceptors (Lipinski definition) is 3. The van der Waals surface area contributed by atoms with Gasteiger partial charge in [-0.3, -0.25) is 0 Å². The van der Waals surface area contributed by atoms with Crippen LogP contribution in [0.15, 0.2) is 35.5 Å². The van der Waals surface area contributed by atoms with Crippen LogP contribution in [0.2, 0.25) is 0 Å². The Morgan fingerprint density at radius 1 is 1.21 bits per heavy atom. The molecule has 5 atom stereocenters. The van der Waals surface area contributed by atoms with E-state index >= 15 is 0 Å². The largest absolute Gasteiger partial charge is 0.393 e. The summed E-state index contributed by atoms with van der Waals surface area (Å²) in [7, 11) is 0. The van der Waals surface area contributed by atoms with Gasteiger partial charge in [-0.05, 0) is 107 Å². The third-order valence-electron chi connectivity index (χ3n) is 7.98. The lowest BCUT2D eigenvalue weighted by Crippen LogP contribution is -2.38. The van der Waals surface area contributed by atoms with Crippen LogP contribution < -0.4 is 0 Å². The molecule has 0 unspecified atom stereocenters. The van der Waals surface area contributed by atoms with Crippen molar-refractivity contribution in [3.8, 4) is 0 Å². The Kier molecular flexibility index (Phi) is 7.13. The molecule has 0 radical (unpaired) electrons. The van der Waals surface area contributed by atoms with Gasteiger partial charge in [0.25, 0.3) is 0 Å². The standard InChI is InChI=1S/C26H42O3/c1-18-9-12-21(27)17-20(18)11-10-19-7-5-16-26(4)22(19)13-14-23(26)24(28)8-6-15-25(2,3)29/h10-11,21-24,27-29H,1,5-9,12-17H2,2-4H3/b19-10+,20-11?/t21-,22-,23+,24-,26-/m0/s1. The zero-order chi connectivity index (χ0) is 21.2. The van der Waals surface area contributed by atoms with Crippen LogP contribution in [0.4, 0.5) is 0 Å². The monoisotopic (exact) mass is 402 g/mol. The van der Waals surface area contributed by atoms with Crippen molar-refractivity contribution in [2.45, 2.75) is 109 Å². The highest BCUT2D eigenvalue weighted by molar-refractivity contribution is 5.36. The van der Waals surface area contributed by atoms with Gasteiger partial charge in [0.05, 0.1) is 17.8 Å². The second-order valence-corrected chi connectivity index (χ2v) is 10.8. The summed E-state index contributed by atoms with van der Waals surface area (Å²) in [6.45, 7) is 10.3. The molecule has 3 aliphatic carbocycles. The van der Waals surface area contributed by atoms with Crippen LogP contribution in [0.1, 0.15) is 91.4 Å². The predicted molar refractivity (Wildman–Crippen MR) is 119 cm³/mol. The summed E-state index contributed by atoms with van der Waals surface area (Å²) in [4.78, 5) is 0. The number of aliphatic hydroxyl groups is 3. The number of rotatable bonds is 6. The van der Waals surface area contributed by atoms with Crippen molar-refractivity contribution in [3.05, 3.63) is 35.5 Å². The number of fused-ring (bicyclic) bond motifs is 1. The predicted octanol–water partition coefficient (Wildman–Crippen LogP) is 5.46. The molecular weight excluding hydrogens is 360 g/mol. The second kappa shape index (κ2) is 9.08. The van der Waals surface area contributed by atoms with Gasteiger partial charge in [0, 0.05) is 0 Å². The Balaban J connectivity index is 1.68. The maximum atomic E-state index is 11.0. The molecule has 0 amide bonds. The van der Waals surface area contributed by atoms with Crippen molar-refractivity contribution in [3.63, 3.8) is 0 Å². The highest BCUT2D eigenvalue weighted by atomic mass is 16.3. The van der Waals surface area contributed by atoms with Crippen LogP contribution >= 0.6 is 0 Å². The normalized spacial score (nSPS) is 37.2. The Labute approximate surface area is 177 Å². The fourth-order valence-corrected chi connectivity index (χ4v) is 6.25. The van der Waals surface area contributed by atoms with E-state index in [2.05, 4.69) is 25.7 Å². The van der Waals surface area contributed by atoms with Crippen LogP contribution in [0, 0.1) is 17.3 Å². The van der Waals surface area contributed by atoms with E-state index in [1.165, 1.54) is 36.0 Å². The number of hydrogen-bond donors (Lipinski definition) is 3. The van der Waals surface area contributed by atoms with E-state index in [4.69, 9.17) is 0 Å². The lowest BCUT2D eigenvalue weighted by atomic mass is 9.62. The van der Waals surface area contributed by atoms with Gasteiger partial charge in [-0.25, -0.2) is 0 Å². The zero-order valence-electron chi connectivity index (χ0n) is 18.8. The Bertz CT molecular complexity index is 653. The van der Waals surface area contributed by atoms with Crippen molar-refractivity contribution in [2.75, 3.05) is 0 Å². The molecular formula is C26H42O3. The van der Waals surface area contributed by atoms with Crippen LogP contribution in [-0.4, -0.2) is 33.1 Å². The highest BCUT2D eigenvalue weighted by Gasteiger charge is 2.51. The molecule has 0 aromatic heterocycles. The summed E-state index contributed by atoms with van der Waals surface area (Å²) in [6.07, 6.45) is 14.7. The summed E-state index contributed by atoms with van der Waals surface area (Å²) in [5.74, 6) is 0.918. The van der Waals surface area contributed by atoms with Crippen molar-refractivity contribution < 1.29 is 15.3 Å². The smallest absolute Gasteiger partial charge is 0.0591 e. The van der Waals surface area contributed by atoms with Gasteiger partial charge < -0.3 is 15.3 Å². The highest BCUT2D eigenvalue weighted by Crippen LogP contribution is 2.58. The first-order valence-corrected chi connectivity index (χ1v) is 11.8. The first kappa shape index (κ1) is 22.8. The maximum Gasteiger partial charge on any atom is 0.0591 e. The first-order chi connectivity index (χ1) is 13.6. The van der Waals surface area contributed by atoms with Crippen molar-refractivity contribution >= 4 is 0 Å². The van der Waals surface area contributed by atoms with Crippen LogP contribution in [-0.2, 0) is 0 Å². The molecule has 0 aromatic rings. The van der Waals surface area contributed by atoms with Gasteiger partial charge >= 0.3 is 0 Å². The molecule has 0 bridgehead atoms. The Hall–Kier alpha value is -0.900. The van der Waals surface area contributed by atoms with E-state index in [0.717, 1.165) is 51.4 Å². The van der Waals surface area contributed by atoms with E-state index < -0.39 is 5.60 Å². The quantitative estimate of drug-likeness (QED) is 0.553. The molecule has 3 aliphatic rings. The third-order valence-corrected chi connectivity index (χ3v) is 7.98. The number of aliphatic hydroxyl groups excluding tert-OH is 2. The molecule has 3 heteroatoms. The van der Waals surface area contributed by atoms with E-state index in [1.807, 2.05) is 13.8 Å². The molecule has 29 heavy (non-hydrogen) atoms. The molecule has 0 aliphatic heterocycles. The van der Waals surface area contributed by atoms with E-state index in [0.29, 0.717) is 11.8 Å². The van der Waals surface area contributed by atoms with E-state index in [-0.39, 0.29) is 17.6 Å². The molecule has 164 valence electrons. The molecule has 3 rings (SSSR count). The minimum atomic E-state index is -0.646. The van der Waals surface area contributed by atoms with Crippen LogP contribution in [0.25, 0.3) is 0 Å². The lowest BCUT2D eigenvalue weighted by Gasteiger charge is -2.44. The SMILES string of the molecule is C=C1CC[C@H](O)CC1=C/C=C1\CCC[C@]2(C)[C@@H]([C@@H](O)CCCC(C)(C)O)CC[C@@H]12. The molecule has 0 aromatic carbocycles. The molecule has 0 spiro atoms. The lowest BCUT2D eigenvalue weighted by molar-refractivity contribution is 0.00723. The average molecular weight is 403 g/mol. The number of allylic oxidation sites excluding steroid dienone is 4. The zero-order valence-corrected chi connectivity index (χ0v) is 18.8. The van der Waals surface area contributed by atoms with Gasteiger partial charge in [-0.15, -0.1) is 0 Å². The summed E-state index contributed by atoms with van der Waals surface area (Å²) >= 11 is 0. The van der Waals surface area contributed by atoms with E-state index in [9.17, 15) is 15.3 Å². The summed E-state index contributed by atoms with van der Waals surface area (Å²) in [6, 6.07) is 0. The van der Waals surface area contributed by atoms with Crippen molar-refractivity contribution in [1.29, 1.82) is 0 Å². The Morgan fingerprint density at radius 2 is 1.97 bits per heavy atom. The average Bonchev–Trinajstić information content (AvgIpc) is 2.99. The molecule has 3 fully saturated rings. The van der Waals surface area contributed by atoms with Gasteiger partial charge in [0.1, 0.15) is 0 Å². The fraction of sp³-hybridized carbons (Fsp3) is 0.769. The van der Waals surface area contributed by atoms with Gasteiger partial charge in [0.2, 0.25) is 0 Å². The van der Waals surface area contributed by atoms with Gasteiger partial charge in [-0.2, -0.15) is 0 Å². The Morgan fingerprint density at radius 3 is 2.69 bits per heavy atom. The van der Waals surface area contributed by atoms with Crippen LogP contribution in [0.3, 0.4) is 0 Å². The molecule has 3 nitrogen and oxygen atoms in total. The summed E-state index contributed by atoms with van der Waals surface area (Å²) in [5, 5.41) is 30.9. The van der Waals surface area contributed by atoms with Gasteiger partial charge in [-0.1, -0.05) is 36.8 Å². The first-order valence-electron chi connectivity index (χ1n) is 11.8. The minimum absolute atomic E-state index is 0.180. The molecule has 3 N–H and O–H groups in total. The maximum absolute atomic E-state index is 11.0. The minimum Gasteiger partial charge on any atom is -0.393 e. The fourth-order valence-electron chi connectivity index (χ4n) is 6.25. The molecule has 0 saturated heterocycles. The van der Waals surface area contributed by atoms with Crippen molar-refractivity contribution in [1.82, 2.24) is 0 Å².